The number of fused-ring (bicyclic) bond motifs is 1. The average molecular weight is 455 g/mol. The van der Waals surface area contributed by atoms with Crippen molar-refractivity contribution in [2.24, 2.45) is 0 Å². The fourth-order valence-corrected chi connectivity index (χ4v) is 4.49. The van der Waals surface area contributed by atoms with Crippen LogP contribution >= 0.6 is 11.3 Å². The second-order valence-electron chi connectivity index (χ2n) is 7.47. The summed E-state index contributed by atoms with van der Waals surface area (Å²) in [4.78, 5) is 49.3. The second-order valence-corrected chi connectivity index (χ2v) is 8.33. The van der Waals surface area contributed by atoms with E-state index in [2.05, 4.69) is 15.3 Å². The largest absolute Gasteiger partial charge is 0.300 e. The Morgan fingerprint density at radius 3 is 2.21 bits per heavy atom. The molecule has 33 heavy (non-hydrogen) atoms. The van der Waals surface area contributed by atoms with Gasteiger partial charge in [0.15, 0.2) is 5.13 Å². The Bertz CT molecular complexity index is 1300. The van der Waals surface area contributed by atoms with E-state index >= 15 is 0 Å². The number of pyridine rings is 1. The van der Waals surface area contributed by atoms with Crippen LogP contribution < -0.4 is 5.32 Å². The number of amides is 3. The Balaban J connectivity index is 1.44. The maximum absolute atomic E-state index is 13.4. The van der Waals surface area contributed by atoms with E-state index in [-0.39, 0.29) is 6.42 Å². The van der Waals surface area contributed by atoms with Crippen LogP contribution in [0.15, 0.2) is 84.4 Å². The van der Waals surface area contributed by atoms with Gasteiger partial charge in [0.1, 0.15) is 11.7 Å². The van der Waals surface area contributed by atoms with Gasteiger partial charge >= 0.3 is 0 Å². The van der Waals surface area contributed by atoms with Crippen LogP contribution in [0.2, 0.25) is 0 Å². The fraction of sp³-hybridized carbons (Fsp3) is 0.0800. The summed E-state index contributed by atoms with van der Waals surface area (Å²) >= 11 is 1.26. The summed E-state index contributed by atoms with van der Waals surface area (Å²) in [5.41, 5.74) is 2.77. The van der Waals surface area contributed by atoms with Gasteiger partial charge in [-0.05, 0) is 29.8 Å². The Kier molecular flexibility index (Phi) is 5.50. The van der Waals surface area contributed by atoms with E-state index in [9.17, 15) is 14.4 Å². The zero-order chi connectivity index (χ0) is 22.8. The highest BCUT2D eigenvalue weighted by atomic mass is 32.1. The molecule has 1 aliphatic rings. The molecule has 3 amide bonds. The molecule has 1 aliphatic heterocycles. The van der Waals surface area contributed by atoms with Crippen LogP contribution in [0.4, 0.5) is 5.13 Å². The third-order valence-electron chi connectivity index (χ3n) is 5.37. The molecule has 0 spiro atoms. The van der Waals surface area contributed by atoms with Gasteiger partial charge in [-0.2, -0.15) is 0 Å². The monoisotopic (exact) mass is 454 g/mol. The number of imide groups is 1. The molecule has 0 saturated heterocycles. The maximum Gasteiger partial charge on any atom is 0.262 e. The number of nitrogens with one attached hydrogen (secondary N) is 1. The molecule has 3 heterocycles. The van der Waals surface area contributed by atoms with Crippen LogP contribution in [0, 0.1) is 0 Å². The third-order valence-corrected chi connectivity index (χ3v) is 6.13. The molecule has 0 radical (unpaired) electrons. The summed E-state index contributed by atoms with van der Waals surface area (Å²) < 4.78 is 0. The Hall–Kier alpha value is -4.17. The van der Waals surface area contributed by atoms with Crippen molar-refractivity contribution in [1.82, 2.24) is 14.9 Å². The molecule has 1 N–H and O–H groups in total. The lowest BCUT2D eigenvalue weighted by molar-refractivity contribution is -0.119. The lowest BCUT2D eigenvalue weighted by Crippen LogP contribution is -2.48. The molecule has 1 atom stereocenters. The highest BCUT2D eigenvalue weighted by molar-refractivity contribution is 7.14. The van der Waals surface area contributed by atoms with Crippen molar-refractivity contribution in [3.63, 3.8) is 0 Å². The standard InChI is InChI=1S/C25H18N4O3S/c30-22(28-25-27-20(15-33-25)19-12-6-7-13-26-19)21(14-16-8-2-1-3-9-16)29-23(31)17-10-4-5-11-18(17)24(29)32/h1-13,15,21H,14H2,(H,27,28,30). The minimum Gasteiger partial charge on any atom is -0.300 e. The van der Waals surface area contributed by atoms with E-state index in [0.29, 0.717) is 27.6 Å². The number of anilines is 1. The first-order valence-corrected chi connectivity index (χ1v) is 11.2. The summed E-state index contributed by atoms with van der Waals surface area (Å²) in [6.45, 7) is 0. The van der Waals surface area contributed by atoms with Gasteiger partial charge in [0.2, 0.25) is 5.91 Å². The molecular formula is C25H18N4O3S. The Labute approximate surface area is 193 Å². The number of hydrogen-bond acceptors (Lipinski definition) is 6. The minimum atomic E-state index is -1.03. The SMILES string of the molecule is O=C(Nc1nc(-c2ccccn2)cs1)C(Cc1ccccc1)N1C(=O)c2ccccc2C1=O. The van der Waals surface area contributed by atoms with Crippen LogP contribution in [0.25, 0.3) is 11.4 Å². The number of hydrogen-bond donors (Lipinski definition) is 1. The summed E-state index contributed by atoms with van der Waals surface area (Å²) in [5.74, 6) is -1.42. The van der Waals surface area contributed by atoms with E-state index in [0.717, 1.165) is 10.5 Å². The van der Waals surface area contributed by atoms with Crippen LogP contribution in [-0.4, -0.2) is 38.6 Å². The van der Waals surface area contributed by atoms with Gasteiger partial charge in [0.25, 0.3) is 11.8 Å². The van der Waals surface area contributed by atoms with Crippen molar-refractivity contribution in [2.45, 2.75) is 12.5 Å². The van der Waals surface area contributed by atoms with Crippen molar-refractivity contribution in [3.05, 3.63) is 101 Å². The van der Waals surface area contributed by atoms with E-state index in [1.54, 1.807) is 35.8 Å². The fourth-order valence-electron chi connectivity index (χ4n) is 3.78. The normalized spacial score (nSPS) is 13.6. The van der Waals surface area contributed by atoms with Gasteiger partial charge < -0.3 is 5.32 Å². The van der Waals surface area contributed by atoms with Crippen molar-refractivity contribution in [3.8, 4) is 11.4 Å². The molecule has 5 rings (SSSR count). The van der Waals surface area contributed by atoms with Crippen molar-refractivity contribution in [2.75, 3.05) is 5.32 Å². The second kappa shape index (κ2) is 8.76. The summed E-state index contributed by atoms with van der Waals surface area (Å²) in [7, 11) is 0. The lowest BCUT2D eigenvalue weighted by Gasteiger charge is -2.25. The predicted molar refractivity (Wildman–Crippen MR) is 125 cm³/mol. The van der Waals surface area contributed by atoms with Gasteiger partial charge in [-0.3, -0.25) is 24.3 Å². The molecule has 2 aromatic heterocycles. The predicted octanol–water partition coefficient (Wildman–Crippen LogP) is 4.05. The summed E-state index contributed by atoms with van der Waals surface area (Å²) in [6.07, 6.45) is 1.86. The molecule has 0 fully saturated rings. The number of nitrogens with zero attached hydrogens (tertiary/aromatic N) is 3. The average Bonchev–Trinajstić information content (AvgIpc) is 3.42. The summed E-state index contributed by atoms with van der Waals surface area (Å²) in [5, 5.41) is 4.96. The lowest BCUT2D eigenvalue weighted by atomic mass is 10.0. The van der Waals surface area contributed by atoms with Crippen LogP contribution in [0.3, 0.4) is 0 Å². The van der Waals surface area contributed by atoms with Crippen molar-refractivity contribution >= 4 is 34.2 Å². The van der Waals surface area contributed by atoms with E-state index in [4.69, 9.17) is 0 Å². The number of benzene rings is 2. The first kappa shape index (κ1) is 20.7. The topological polar surface area (TPSA) is 92.3 Å². The molecular weight excluding hydrogens is 436 g/mol. The molecule has 8 heteroatoms. The minimum absolute atomic E-state index is 0.191. The Morgan fingerprint density at radius 2 is 1.55 bits per heavy atom. The van der Waals surface area contributed by atoms with Crippen LogP contribution in [0.1, 0.15) is 26.3 Å². The molecule has 0 saturated carbocycles. The molecule has 162 valence electrons. The number of rotatable bonds is 6. The van der Waals surface area contributed by atoms with Gasteiger partial charge in [-0.1, -0.05) is 48.5 Å². The van der Waals surface area contributed by atoms with Gasteiger partial charge in [0.05, 0.1) is 16.8 Å². The Morgan fingerprint density at radius 1 is 0.879 bits per heavy atom. The van der Waals surface area contributed by atoms with Gasteiger partial charge in [0, 0.05) is 18.0 Å². The zero-order valence-corrected chi connectivity index (χ0v) is 18.2. The number of thiazole rings is 1. The molecule has 1 unspecified atom stereocenters. The van der Waals surface area contributed by atoms with Gasteiger partial charge in [-0.15, -0.1) is 11.3 Å². The first-order valence-electron chi connectivity index (χ1n) is 10.3. The molecule has 0 aliphatic carbocycles. The molecule has 4 aromatic rings. The first-order chi connectivity index (χ1) is 16.1. The highest BCUT2D eigenvalue weighted by Gasteiger charge is 2.42. The summed E-state index contributed by atoms with van der Waals surface area (Å²) in [6, 6.07) is 20.4. The third kappa shape index (κ3) is 4.04. The van der Waals surface area contributed by atoms with Crippen LogP contribution in [0.5, 0.6) is 0 Å². The quantitative estimate of drug-likeness (QED) is 0.444. The van der Waals surface area contributed by atoms with Crippen molar-refractivity contribution < 1.29 is 14.4 Å². The highest BCUT2D eigenvalue weighted by Crippen LogP contribution is 2.28. The number of aromatic nitrogens is 2. The zero-order valence-electron chi connectivity index (χ0n) is 17.3. The van der Waals surface area contributed by atoms with Crippen molar-refractivity contribution in [1.29, 1.82) is 0 Å². The van der Waals surface area contributed by atoms with E-state index in [1.165, 1.54) is 11.3 Å². The molecule has 0 bridgehead atoms. The molecule has 7 nitrogen and oxygen atoms in total. The van der Waals surface area contributed by atoms with E-state index in [1.807, 2.05) is 48.5 Å². The number of carbonyl (C=O) groups excluding carboxylic acids is 3. The molecule has 2 aromatic carbocycles. The maximum atomic E-state index is 13.4. The van der Waals surface area contributed by atoms with E-state index < -0.39 is 23.8 Å². The number of carbonyl (C=O) groups is 3. The smallest absolute Gasteiger partial charge is 0.262 e. The van der Waals surface area contributed by atoms with Gasteiger partial charge in [-0.25, -0.2) is 4.98 Å². The van der Waals surface area contributed by atoms with Crippen LogP contribution in [-0.2, 0) is 11.2 Å².